The monoisotopic (exact) mass is 392 g/mol. The van der Waals surface area contributed by atoms with E-state index in [1.165, 1.54) is 12.1 Å². The Kier molecular flexibility index (Phi) is 5.60. The second-order valence-corrected chi connectivity index (χ2v) is 6.58. The van der Waals surface area contributed by atoms with Gasteiger partial charge in [0.1, 0.15) is 5.82 Å². The molecule has 1 aliphatic heterocycles. The molecule has 0 atom stereocenters. The number of nitrogens with one attached hydrogen (secondary N) is 1. The molecule has 0 aromatic heterocycles. The lowest BCUT2D eigenvalue weighted by Crippen LogP contribution is -2.35. The molecule has 1 heterocycles. The number of rotatable bonds is 4. The van der Waals surface area contributed by atoms with Crippen molar-refractivity contribution in [3.63, 3.8) is 0 Å². The molecule has 24 heavy (non-hydrogen) atoms. The zero-order valence-electron chi connectivity index (χ0n) is 13.1. The van der Waals surface area contributed by atoms with Gasteiger partial charge in [-0.3, -0.25) is 9.69 Å². The molecule has 1 fully saturated rings. The molecule has 0 radical (unpaired) electrons. The van der Waals surface area contributed by atoms with E-state index in [0.29, 0.717) is 10.0 Å². The second kappa shape index (κ2) is 7.88. The van der Waals surface area contributed by atoms with Crippen LogP contribution in [0.3, 0.4) is 0 Å². The van der Waals surface area contributed by atoms with Gasteiger partial charge >= 0.3 is 0 Å². The largest absolute Gasteiger partial charge is 0.379 e. The highest BCUT2D eigenvalue weighted by Crippen LogP contribution is 2.20. The van der Waals surface area contributed by atoms with E-state index in [0.717, 1.165) is 38.4 Å². The third-order valence-corrected chi connectivity index (χ3v) is 4.40. The van der Waals surface area contributed by atoms with Crippen LogP contribution in [0.15, 0.2) is 46.9 Å². The number of hydrogen-bond donors (Lipinski definition) is 1. The summed E-state index contributed by atoms with van der Waals surface area (Å²) in [4.78, 5) is 14.6. The molecule has 0 spiro atoms. The summed E-state index contributed by atoms with van der Waals surface area (Å²) >= 11 is 3.19. The molecule has 126 valence electrons. The molecule has 0 unspecified atom stereocenters. The van der Waals surface area contributed by atoms with Crippen molar-refractivity contribution in [2.75, 3.05) is 31.6 Å². The van der Waals surface area contributed by atoms with Crippen LogP contribution in [-0.2, 0) is 11.3 Å². The molecule has 6 heteroatoms. The van der Waals surface area contributed by atoms with Crippen molar-refractivity contribution in [2.24, 2.45) is 0 Å². The van der Waals surface area contributed by atoms with Gasteiger partial charge < -0.3 is 10.1 Å². The summed E-state index contributed by atoms with van der Waals surface area (Å²) in [6.07, 6.45) is 0. The van der Waals surface area contributed by atoms with Crippen molar-refractivity contribution < 1.29 is 13.9 Å². The molecule has 0 aliphatic carbocycles. The predicted octanol–water partition coefficient (Wildman–Crippen LogP) is 3.67. The van der Waals surface area contributed by atoms with Gasteiger partial charge in [0.25, 0.3) is 5.91 Å². The molecule has 2 aromatic carbocycles. The zero-order chi connectivity index (χ0) is 16.9. The van der Waals surface area contributed by atoms with Crippen molar-refractivity contribution in [3.05, 3.63) is 63.9 Å². The predicted molar refractivity (Wildman–Crippen MR) is 94.6 cm³/mol. The van der Waals surface area contributed by atoms with Crippen LogP contribution in [0, 0.1) is 5.82 Å². The maximum atomic E-state index is 13.8. The van der Waals surface area contributed by atoms with E-state index in [1.54, 1.807) is 18.2 Å². The Labute approximate surface area is 148 Å². The number of halogens is 2. The molecule has 1 saturated heterocycles. The van der Waals surface area contributed by atoms with Crippen LogP contribution in [0.2, 0.25) is 0 Å². The Morgan fingerprint density at radius 3 is 2.54 bits per heavy atom. The standard InChI is InChI=1S/C18H18BrFN2O2/c19-15-5-6-17(16(20)11-15)21-18(23)14-3-1-13(2-4-14)12-22-7-9-24-10-8-22/h1-6,11H,7-10,12H2,(H,21,23). The van der Waals surface area contributed by atoms with E-state index in [9.17, 15) is 9.18 Å². The number of benzene rings is 2. The van der Waals surface area contributed by atoms with Gasteiger partial charge in [-0.25, -0.2) is 4.39 Å². The van der Waals surface area contributed by atoms with Gasteiger partial charge in [-0.05, 0) is 35.9 Å². The van der Waals surface area contributed by atoms with Gasteiger partial charge in [0, 0.05) is 29.7 Å². The fourth-order valence-corrected chi connectivity index (χ4v) is 2.90. The van der Waals surface area contributed by atoms with Crippen LogP contribution in [0.5, 0.6) is 0 Å². The van der Waals surface area contributed by atoms with Crippen molar-refractivity contribution >= 4 is 27.5 Å². The first-order valence-electron chi connectivity index (χ1n) is 7.77. The molecule has 1 amide bonds. The minimum atomic E-state index is -0.471. The van der Waals surface area contributed by atoms with Crippen LogP contribution in [0.25, 0.3) is 0 Å². The van der Waals surface area contributed by atoms with Crippen molar-refractivity contribution in [2.45, 2.75) is 6.54 Å². The fourth-order valence-electron chi connectivity index (χ4n) is 2.56. The van der Waals surface area contributed by atoms with Gasteiger partial charge in [0.2, 0.25) is 0 Å². The number of carbonyl (C=O) groups excluding carboxylic acids is 1. The lowest BCUT2D eigenvalue weighted by Gasteiger charge is -2.26. The molecule has 0 saturated carbocycles. The van der Waals surface area contributed by atoms with Gasteiger partial charge in [-0.2, -0.15) is 0 Å². The Morgan fingerprint density at radius 1 is 1.17 bits per heavy atom. The number of amides is 1. The summed E-state index contributed by atoms with van der Waals surface area (Å²) in [5, 5.41) is 2.59. The third-order valence-electron chi connectivity index (χ3n) is 3.91. The number of anilines is 1. The van der Waals surface area contributed by atoms with E-state index in [-0.39, 0.29) is 11.6 Å². The molecule has 2 aromatic rings. The Bertz CT molecular complexity index is 715. The zero-order valence-corrected chi connectivity index (χ0v) is 14.7. The average molecular weight is 393 g/mol. The fraction of sp³-hybridized carbons (Fsp3) is 0.278. The average Bonchev–Trinajstić information content (AvgIpc) is 2.59. The summed E-state index contributed by atoms with van der Waals surface area (Å²) in [7, 11) is 0. The van der Waals surface area contributed by atoms with Crippen LogP contribution in [0.4, 0.5) is 10.1 Å². The molecule has 3 rings (SSSR count). The van der Waals surface area contributed by atoms with Gasteiger partial charge in [-0.15, -0.1) is 0 Å². The molecule has 1 aliphatic rings. The molecular weight excluding hydrogens is 375 g/mol. The molecule has 0 bridgehead atoms. The summed E-state index contributed by atoms with van der Waals surface area (Å²) in [6, 6.07) is 11.9. The van der Waals surface area contributed by atoms with E-state index in [4.69, 9.17) is 4.74 Å². The smallest absolute Gasteiger partial charge is 0.255 e. The van der Waals surface area contributed by atoms with Gasteiger partial charge in [0.05, 0.1) is 18.9 Å². The van der Waals surface area contributed by atoms with Crippen molar-refractivity contribution in [1.29, 1.82) is 0 Å². The van der Waals surface area contributed by atoms with E-state index >= 15 is 0 Å². The third kappa shape index (κ3) is 4.41. The second-order valence-electron chi connectivity index (χ2n) is 5.66. The van der Waals surface area contributed by atoms with Crippen LogP contribution < -0.4 is 5.32 Å². The van der Waals surface area contributed by atoms with Crippen molar-refractivity contribution in [1.82, 2.24) is 4.90 Å². The first-order valence-corrected chi connectivity index (χ1v) is 8.56. The number of carbonyl (C=O) groups is 1. The van der Waals surface area contributed by atoms with E-state index < -0.39 is 5.82 Å². The van der Waals surface area contributed by atoms with Crippen LogP contribution in [-0.4, -0.2) is 37.1 Å². The lowest BCUT2D eigenvalue weighted by atomic mass is 10.1. The highest BCUT2D eigenvalue weighted by Gasteiger charge is 2.12. The minimum absolute atomic E-state index is 0.167. The number of ether oxygens (including phenoxy) is 1. The molecule has 1 N–H and O–H groups in total. The molecule has 4 nitrogen and oxygen atoms in total. The summed E-state index contributed by atoms with van der Waals surface area (Å²) in [6.45, 7) is 4.21. The van der Waals surface area contributed by atoms with Crippen molar-refractivity contribution in [3.8, 4) is 0 Å². The number of nitrogens with zero attached hydrogens (tertiary/aromatic N) is 1. The lowest BCUT2D eigenvalue weighted by molar-refractivity contribution is 0.0342. The van der Waals surface area contributed by atoms with Gasteiger partial charge in [0.15, 0.2) is 0 Å². The normalized spacial score (nSPS) is 15.2. The summed E-state index contributed by atoms with van der Waals surface area (Å²) in [5.41, 5.74) is 1.81. The number of hydrogen-bond acceptors (Lipinski definition) is 3. The summed E-state index contributed by atoms with van der Waals surface area (Å²) in [5.74, 6) is -0.796. The van der Waals surface area contributed by atoms with Crippen LogP contribution >= 0.6 is 15.9 Å². The highest BCUT2D eigenvalue weighted by molar-refractivity contribution is 9.10. The van der Waals surface area contributed by atoms with E-state index in [2.05, 4.69) is 26.1 Å². The quantitative estimate of drug-likeness (QED) is 0.862. The SMILES string of the molecule is O=C(Nc1ccc(Br)cc1F)c1ccc(CN2CCOCC2)cc1. The minimum Gasteiger partial charge on any atom is -0.379 e. The first-order chi connectivity index (χ1) is 11.6. The molecular formula is C18H18BrFN2O2. The topological polar surface area (TPSA) is 41.6 Å². The Hall–Kier alpha value is -1.76. The Balaban J connectivity index is 1.62. The maximum Gasteiger partial charge on any atom is 0.255 e. The highest BCUT2D eigenvalue weighted by atomic mass is 79.9. The summed E-state index contributed by atoms with van der Waals surface area (Å²) < 4.78 is 19.8. The van der Waals surface area contributed by atoms with E-state index in [1.807, 2.05) is 12.1 Å². The first kappa shape index (κ1) is 17.1. The van der Waals surface area contributed by atoms with Gasteiger partial charge in [-0.1, -0.05) is 28.1 Å². The Morgan fingerprint density at radius 2 is 1.88 bits per heavy atom. The van der Waals surface area contributed by atoms with Crippen LogP contribution in [0.1, 0.15) is 15.9 Å². The maximum absolute atomic E-state index is 13.8. The number of morpholine rings is 1.